The van der Waals surface area contributed by atoms with Crippen LogP contribution in [0.5, 0.6) is 0 Å². The zero-order valence-corrected chi connectivity index (χ0v) is 20.9. The number of hydrogen-bond donors (Lipinski definition) is 5. The number of nitrogens with zero attached hydrogens (tertiary/aromatic N) is 1. The highest BCUT2D eigenvalue weighted by molar-refractivity contribution is 6.17. The first-order valence-corrected chi connectivity index (χ1v) is 12.2. The zero-order valence-electron chi connectivity index (χ0n) is 20.9. The molecule has 0 bridgehead atoms. The number of carbonyl (C=O) groups excluding carboxylic acids is 6. The fraction of sp³-hybridized carbons (Fsp3) is 0.480. The molecule has 1 heterocycles. The van der Waals surface area contributed by atoms with E-state index in [0.29, 0.717) is 5.56 Å². The summed E-state index contributed by atoms with van der Waals surface area (Å²) in [5.41, 5.74) is 3.63. The highest BCUT2D eigenvalue weighted by Crippen LogP contribution is 2.42. The van der Waals surface area contributed by atoms with E-state index in [-0.39, 0.29) is 44.6 Å². The molecule has 6 N–H and O–H groups in total. The van der Waals surface area contributed by atoms with E-state index >= 15 is 0 Å². The molecule has 1 saturated heterocycles. The second-order valence-corrected chi connectivity index (χ2v) is 9.31. The first-order valence-electron chi connectivity index (χ1n) is 12.2. The van der Waals surface area contributed by atoms with Crippen molar-refractivity contribution in [2.75, 3.05) is 19.6 Å². The molecular formula is C25H31N5O8. The minimum atomic E-state index is -2.29. The number of benzene rings is 1. The number of Topliss-reactive ketones (excluding diaryl/α,β-unsaturated/α-hetero) is 2. The maximum Gasteiger partial charge on any atom is 0.338 e. The van der Waals surface area contributed by atoms with Crippen LogP contribution in [0.15, 0.2) is 30.3 Å². The third-order valence-electron chi connectivity index (χ3n) is 6.87. The number of ketones is 2. The van der Waals surface area contributed by atoms with E-state index in [4.69, 9.17) is 5.73 Å². The van der Waals surface area contributed by atoms with Crippen molar-refractivity contribution in [2.24, 2.45) is 11.7 Å². The standard InChI is InChI=1S/C25H31N5O8/c1-14(23(36)30-10-9-16-18(31)7-8-19(32)25(16,30)24(37)38)28-22(35)17(11-15-5-3-2-4-6-15)29-21(34)13-27-20(33)12-26/h2-6,14,16-17H,7-13,26H2,1H3,(H,27,33)(H,28,35)(H,29,34)(H,37,38)/t14-,16?,17-,25+/m0/s1. The van der Waals surface area contributed by atoms with Crippen molar-refractivity contribution in [3.63, 3.8) is 0 Å². The zero-order chi connectivity index (χ0) is 28.0. The van der Waals surface area contributed by atoms with Crippen LogP contribution in [0.1, 0.15) is 31.7 Å². The number of nitrogens with one attached hydrogen (secondary N) is 3. The Kier molecular flexibility index (Phi) is 8.94. The van der Waals surface area contributed by atoms with E-state index < -0.39 is 65.5 Å². The van der Waals surface area contributed by atoms with Gasteiger partial charge in [-0.25, -0.2) is 4.79 Å². The van der Waals surface area contributed by atoms with Crippen molar-refractivity contribution >= 4 is 41.2 Å². The van der Waals surface area contributed by atoms with Crippen LogP contribution >= 0.6 is 0 Å². The van der Waals surface area contributed by atoms with E-state index in [1.807, 2.05) is 0 Å². The molecule has 38 heavy (non-hydrogen) atoms. The average Bonchev–Trinajstić information content (AvgIpc) is 3.32. The molecule has 1 aliphatic carbocycles. The van der Waals surface area contributed by atoms with Crippen LogP contribution in [0.3, 0.4) is 0 Å². The molecule has 1 saturated carbocycles. The summed E-state index contributed by atoms with van der Waals surface area (Å²) >= 11 is 0. The Morgan fingerprint density at radius 2 is 1.76 bits per heavy atom. The fourth-order valence-corrected chi connectivity index (χ4v) is 5.00. The number of fused-ring (bicyclic) bond motifs is 1. The number of carbonyl (C=O) groups is 7. The van der Waals surface area contributed by atoms with Crippen LogP contribution < -0.4 is 21.7 Å². The SMILES string of the molecule is C[C@H](NC(=O)[C@H](Cc1ccccc1)NC(=O)CNC(=O)CN)C(=O)N1CCC2C(=O)CCC(=O)[C@@]21C(=O)O. The van der Waals surface area contributed by atoms with Gasteiger partial charge in [0.25, 0.3) is 0 Å². The maximum absolute atomic E-state index is 13.3. The summed E-state index contributed by atoms with van der Waals surface area (Å²) in [6, 6.07) is 6.34. The lowest BCUT2D eigenvalue weighted by atomic mass is 9.71. The van der Waals surface area contributed by atoms with Gasteiger partial charge >= 0.3 is 5.97 Å². The molecule has 1 aromatic carbocycles. The molecule has 4 amide bonds. The normalized spacial score (nSPS) is 22.2. The summed E-state index contributed by atoms with van der Waals surface area (Å²) in [5.74, 6) is -6.60. The quantitative estimate of drug-likeness (QED) is 0.210. The molecule has 0 spiro atoms. The number of amides is 4. The van der Waals surface area contributed by atoms with Crippen molar-refractivity contribution in [3.05, 3.63) is 35.9 Å². The molecule has 2 aliphatic rings. The van der Waals surface area contributed by atoms with Crippen LogP contribution in [0.2, 0.25) is 0 Å². The molecule has 0 aromatic heterocycles. The van der Waals surface area contributed by atoms with Crippen LogP contribution in [0.25, 0.3) is 0 Å². The minimum absolute atomic E-state index is 0.0322. The lowest BCUT2D eigenvalue weighted by Crippen LogP contribution is -2.67. The van der Waals surface area contributed by atoms with Crippen LogP contribution in [0, 0.1) is 5.92 Å². The Balaban J connectivity index is 1.76. The number of aliphatic carboxylic acids is 1. The Hall–Kier alpha value is -4.13. The number of rotatable bonds is 10. The van der Waals surface area contributed by atoms with E-state index in [1.165, 1.54) is 6.92 Å². The number of hydrogen-bond acceptors (Lipinski definition) is 8. The number of carboxylic acid groups (broad SMARTS) is 1. The smallest absolute Gasteiger partial charge is 0.338 e. The van der Waals surface area contributed by atoms with Gasteiger partial charge in [-0.3, -0.25) is 28.8 Å². The van der Waals surface area contributed by atoms with Crippen molar-refractivity contribution in [3.8, 4) is 0 Å². The lowest BCUT2D eigenvalue weighted by molar-refractivity contribution is -0.169. The first-order chi connectivity index (χ1) is 18.0. The number of carboxylic acids is 1. The molecular weight excluding hydrogens is 498 g/mol. The van der Waals surface area contributed by atoms with E-state index in [9.17, 15) is 38.7 Å². The van der Waals surface area contributed by atoms with E-state index in [2.05, 4.69) is 16.0 Å². The van der Waals surface area contributed by atoms with Crippen molar-refractivity contribution in [1.29, 1.82) is 0 Å². The van der Waals surface area contributed by atoms with Gasteiger partial charge in [0.1, 0.15) is 17.9 Å². The molecule has 1 aliphatic heterocycles. The molecule has 13 nitrogen and oxygen atoms in total. The fourth-order valence-electron chi connectivity index (χ4n) is 5.00. The lowest BCUT2D eigenvalue weighted by Gasteiger charge is -2.40. The Labute approximate surface area is 218 Å². The third kappa shape index (κ3) is 5.72. The third-order valence-corrected chi connectivity index (χ3v) is 6.87. The topological polar surface area (TPSA) is 205 Å². The van der Waals surface area contributed by atoms with Crippen LogP contribution in [0.4, 0.5) is 0 Å². The molecule has 1 unspecified atom stereocenters. The summed E-state index contributed by atoms with van der Waals surface area (Å²) in [5, 5.41) is 17.3. The van der Waals surface area contributed by atoms with Gasteiger partial charge in [-0.2, -0.15) is 0 Å². The molecule has 1 aromatic rings. The highest BCUT2D eigenvalue weighted by Gasteiger charge is 2.65. The van der Waals surface area contributed by atoms with Crippen molar-refractivity contribution in [2.45, 2.75) is 50.2 Å². The van der Waals surface area contributed by atoms with Gasteiger partial charge < -0.3 is 31.7 Å². The molecule has 0 radical (unpaired) electrons. The summed E-state index contributed by atoms with van der Waals surface area (Å²) in [6.45, 7) is 0.471. The average molecular weight is 530 g/mol. The molecule has 2 fully saturated rings. The largest absolute Gasteiger partial charge is 0.479 e. The number of likely N-dealkylation sites (tertiary alicyclic amines) is 1. The van der Waals surface area contributed by atoms with E-state index in [0.717, 1.165) is 4.90 Å². The van der Waals surface area contributed by atoms with Crippen molar-refractivity contribution in [1.82, 2.24) is 20.9 Å². The Morgan fingerprint density at radius 3 is 2.39 bits per heavy atom. The van der Waals surface area contributed by atoms with Crippen LogP contribution in [-0.4, -0.2) is 88.4 Å². The Morgan fingerprint density at radius 1 is 1.08 bits per heavy atom. The monoisotopic (exact) mass is 529 g/mol. The van der Waals surface area contributed by atoms with Gasteiger partial charge in [0.05, 0.1) is 19.0 Å². The van der Waals surface area contributed by atoms with Gasteiger partial charge in [-0.15, -0.1) is 0 Å². The Bertz CT molecular complexity index is 1140. The van der Waals surface area contributed by atoms with Crippen LogP contribution in [-0.2, 0) is 40.0 Å². The second-order valence-electron chi connectivity index (χ2n) is 9.31. The van der Waals surface area contributed by atoms with Gasteiger partial charge in [0.2, 0.25) is 29.2 Å². The van der Waals surface area contributed by atoms with Gasteiger partial charge in [-0.05, 0) is 18.9 Å². The van der Waals surface area contributed by atoms with Crippen molar-refractivity contribution < 1.29 is 38.7 Å². The summed E-state index contributed by atoms with van der Waals surface area (Å²) in [7, 11) is 0. The van der Waals surface area contributed by atoms with E-state index in [1.54, 1.807) is 30.3 Å². The predicted octanol–water partition coefficient (Wildman–Crippen LogP) is -2.10. The molecule has 4 atom stereocenters. The summed E-state index contributed by atoms with van der Waals surface area (Å²) < 4.78 is 0. The maximum atomic E-state index is 13.3. The summed E-state index contributed by atoms with van der Waals surface area (Å²) in [6.07, 6.45) is -0.260. The minimum Gasteiger partial charge on any atom is -0.479 e. The predicted molar refractivity (Wildman–Crippen MR) is 131 cm³/mol. The van der Waals surface area contributed by atoms with Gasteiger partial charge in [-0.1, -0.05) is 30.3 Å². The molecule has 3 rings (SSSR count). The second kappa shape index (κ2) is 11.9. The summed E-state index contributed by atoms with van der Waals surface area (Å²) in [4.78, 5) is 88.7. The number of nitrogens with two attached hydrogens (primary N) is 1. The molecule has 13 heteroatoms. The molecule has 204 valence electrons. The van der Waals surface area contributed by atoms with Gasteiger partial charge in [0, 0.05) is 25.8 Å². The first kappa shape index (κ1) is 28.4. The highest BCUT2D eigenvalue weighted by atomic mass is 16.4. The van der Waals surface area contributed by atoms with Gasteiger partial charge in [0.15, 0.2) is 5.78 Å².